The number of ether oxygens (including phenoxy) is 2. The van der Waals surface area contributed by atoms with Crippen LogP contribution in [0.3, 0.4) is 0 Å². The van der Waals surface area contributed by atoms with Crippen molar-refractivity contribution in [2.24, 2.45) is 0 Å². The molecular formula is C23H28N2O4. The van der Waals surface area contributed by atoms with Gasteiger partial charge in [-0.2, -0.15) is 0 Å². The molecule has 1 aliphatic rings. The quantitative estimate of drug-likeness (QED) is 0.813. The van der Waals surface area contributed by atoms with Gasteiger partial charge in [0.2, 0.25) is 5.91 Å². The second kappa shape index (κ2) is 8.55. The van der Waals surface area contributed by atoms with Crippen LogP contribution in [0.1, 0.15) is 33.6 Å². The molecule has 0 unspecified atom stereocenters. The van der Waals surface area contributed by atoms with Gasteiger partial charge in [0.15, 0.2) is 0 Å². The Kier molecular flexibility index (Phi) is 6.11. The van der Waals surface area contributed by atoms with Crippen LogP contribution in [0.15, 0.2) is 48.5 Å². The Hall–Kier alpha value is -3.02. The zero-order valence-corrected chi connectivity index (χ0v) is 17.4. The predicted molar refractivity (Wildman–Crippen MR) is 113 cm³/mol. The average Bonchev–Trinajstić information content (AvgIpc) is 3.18. The standard InChI is InChI=1S/C23H28N2O4/c1-23(2,3)29-22(27)25-15-5-6-20(25)21(26)24-18-11-7-16(8-12-18)17-9-13-19(28-4)14-10-17/h7-14,20H,5-6,15H2,1-4H3,(H,24,26)/t20-/m0/s1. The summed E-state index contributed by atoms with van der Waals surface area (Å²) in [6.07, 6.45) is 0.980. The Morgan fingerprint density at radius 1 is 1.00 bits per heavy atom. The van der Waals surface area contributed by atoms with Crippen LogP contribution in [0.4, 0.5) is 10.5 Å². The number of rotatable bonds is 4. The van der Waals surface area contributed by atoms with Crippen molar-refractivity contribution in [3.63, 3.8) is 0 Å². The minimum atomic E-state index is -0.585. The van der Waals surface area contributed by atoms with Gasteiger partial charge in [0, 0.05) is 12.2 Å². The van der Waals surface area contributed by atoms with Crippen molar-refractivity contribution >= 4 is 17.7 Å². The van der Waals surface area contributed by atoms with Crippen molar-refractivity contribution in [1.29, 1.82) is 0 Å². The lowest BCUT2D eigenvalue weighted by atomic mass is 10.1. The van der Waals surface area contributed by atoms with Crippen molar-refractivity contribution in [3.05, 3.63) is 48.5 Å². The van der Waals surface area contributed by atoms with Crippen molar-refractivity contribution < 1.29 is 19.1 Å². The lowest BCUT2D eigenvalue weighted by molar-refractivity contribution is -0.120. The van der Waals surface area contributed by atoms with Gasteiger partial charge in [-0.25, -0.2) is 4.79 Å². The molecule has 1 heterocycles. The normalized spacial score (nSPS) is 16.4. The number of carbonyl (C=O) groups is 2. The summed E-state index contributed by atoms with van der Waals surface area (Å²) in [7, 11) is 1.64. The highest BCUT2D eigenvalue weighted by Gasteiger charge is 2.36. The van der Waals surface area contributed by atoms with Gasteiger partial charge in [-0.05, 0) is 69.0 Å². The maximum atomic E-state index is 12.7. The zero-order valence-electron chi connectivity index (χ0n) is 17.4. The number of anilines is 1. The van der Waals surface area contributed by atoms with Crippen LogP contribution in [0.25, 0.3) is 11.1 Å². The molecule has 0 radical (unpaired) electrons. The summed E-state index contributed by atoms with van der Waals surface area (Å²) in [5.41, 5.74) is 2.22. The molecule has 1 atom stereocenters. The van der Waals surface area contributed by atoms with E-state index in [1.165, 1.54) is 4.90 Å². The third-order valence-corrected chi connectivity index (χ3v) is 4.76. The summed E-state index contributed by atoms with van der Waals surface area (Å²) in [6, 6.07) is 14.9. The van der Waals surface area contributed by atoms with E-state index in [1.54, 1.807) is 7.11 Å². The van der Waals surface area contributed by atoms with Crippen molar-refractivity contribution in [1.82, 2.24) is 4.90 Å². The van der Waals surface area contributed by atoms with Crippen LogP contribution in [0.2, 0.25) is 0 Å². The molecule has 6 nitrogen and oxygen atoms in total. The molecule has 1 aliphatic heterocycles. The topological polar surface area (TPSA) is 67.9 Å². The molecule has 0 aromatic heterocycles. The highest BCUT2D eigenvalue weighted by Crippen LogP contribution is 2.25. The van der Waals surface area contributed by atoms with Crippen molar-refractivity contribution in [3.8, 4) is 16.9 Å². The minimum absolute atomic E-state index is 0.189. The fourth-order valence-corrected chi connectivity index (χ4v) is 3.33. The van der Waals surface area contributed by atoms with E-state index < -0.39 is 17.7 Å². The first-order valence-corrected chi connectivity index (χ1v) is 9.82. The van der Waals surface area contributed by atoms with Gasteiger partial charge >= 0.3 is 6.09 Å². The Bertz CT molecular complexity index is 854. The van der Waals surface area contributed by atoms with Crippen LogP contribution in [-0.2, 0) is 9.53 Å². The number of hydrogen-bond acceptors (Lipinski definition) is 4. The van der Waals surface area contributed by atoms with Crippen LogP contribution in [-0.4, -0.2) is 42.2 Å². The minimum Gasteiger partial charge on any atom is -0.497 e. The molecule has 0 bridgehead atoms. The predicted octanol–water partition coefficient (Wildman–Crippen LogP) is 4.70. The van der Waals surface area contributed by atoms with E-state index in [-0.39, 0.29) is 5.91 Å². The van der Waals surface area contributed by atoms with Crippen molar-refractivity contribution in [2.45, 2.75) is 45.3 Å². The van der Waals surface area contributed by atoms with E-state index in [0.29, 0.717) is 18.7 Å². The van der Waals surface area contributed by atoms with E-state index in [2.05, 4.69) is 5.32 Å². The first-order valence-electron chi connectivity index (χ1n) is 9.82. The van der Waals surface area contributed by atoms with E-state index in [9.17, 15) is 9.59 Å². The Morgan fingerprint density at radius 3 is 2.14 bits per heavy atom. The van der Waals surface area contributed by atoms with Crippen LogP contribution in [0, 0.1) is 0 Å². The molecule has 0 aliphatic carbocycles. The Labute approximate surface area is 171 Å². The van der Waals surface area contributed by atoms with Gasteiger partial charge in [0.1, 0.15) is 17.4 Å². The largest absolute Gasteiger partial charge is 0.497 e. The van der Waals surface area contributed by atoms with E-state index >= 15 is 0 Å². The second-order valence-electron chi connectivity index (χ2n) is 8.13. The van der Waals surface area contributed by atoms with Gasteiger partial charge in [-0.1, -0.05) is 24.3 Å². The highest BCUT2D eigenvalue weighted by molar-refractivity contribution is 5.97. The summed E-state index contributed by atoms with van der Waals surface area (Å²) in [5.74, 6) is 0.620. The first kappa shape index (κ1) is 20.7. The third-order valence-electron chi connectivity index (χ3n) is 4.76. The monoisotopic (exact) mass is 396 g/mol. The van der Waals surface area contributed by atoms with Gasteiger partial charge in [0.25, 0.3) is 0 Å². The van der Waals surface area contributed by atoms with E-state index in [1.807, 2.05) is 69.3 Å². The SMILES string of the molecule is COc1ccc(-c2ccc(NC(=O)[C@@H]3CCCN3C(=O)OC(C)(C)C)cc2)cc1. The Morgan fingerprint density at radius 2 is 1.59 bits per heavy atom. The fraction of sp³-hybridized carbons (Fsp3) is 0.391. The third kappa shape index (κ3) is 5.28. The second-order valence-corrected chi connectivity index (χ2v) is 8.13. The van der Waals surface area contributed by atoms with Crippen LogP contribution < -0.4 is 10.1 Å². The number of benzene rings is 2. The summed E-state index contributed by atoms with van der Waals surface area (Å²) < 4.78 is 10.6. The highest BCUT2D eigenvalue weighted by atomic mass is 16.6. The lowest BCUT2D eigenvalue weighted by Crippen LogP contribution is -2.45. The van der Waals surface area contributed by atoms with E-state index in [0.717, 1.165) is 23.3 Å². The summed E-state index contributed by atoms with van der Waals surface area (Å²) in [4.78, 5) is 26.7. The maximum Gasteiger partial charge on any atom is 0.410 e. The molecule has 0 saturated carbocycles. The molecule has 1 saturated heterocycles. The molecule has 2 amide bonds. The molecule has 2 aromatic rings. The molecular weight excluding hydrogens is 368 g/mol. The van der Waals surface area contributed by atoms with Crippen LogP contribution >= 0.6 is 0 Å². The average molecular weight is 396 g/mol. The smallest absolute Gasteiger partial charge is 0.410 e. The number of amides is 2. The first-order chi connectivity index (χ1) is 13.8. The summed E-state index contributed by atoms with van der Waals surface area (Å²) in [6.45, 7) is 5.99. The summed E-state index contributed by atoms with van der Waals surface area (Å²) in [5, 5.41) is 2.92. The van der Waals surface area contributed by atoms with Crippen LogP contribution in [0.5, 0.6) is 5.75 Å². The number of carbonyl (C=O) groups excluding carboxylic acids is 2. The fourth-order valence-electron chi connectivity index (χ4n) is 3.33. The molecule has 0 spiro atoms. The molecule has 29 heavy (non-hydrogen) atoms. The van der Waals surface area contributed by atoms with Gasteiger partial charge in [-0.3, -0.25) is 9.69 Å². The van der Waals surface area contributed by atoms with E-state index in [4.69, 9.17) is 9.47 Å². The molecule has 3 rings (SSSR count). The maximum absolute atomic E-state index is 12.7. The number of nitrogens with one attached hydrogen (secondary N) is 1. The molecule has 6 heteroatoms. The number of likely N-dealkylation sites (tertiary alicyclic amines) is 1. The molecule has 2 aromatic carbocycles. The molecule has 1 N–H and O–H groups in total. The zero-order chi connectivity index (χ0) is 21.0. The van der Waals surface area contributed by atoms with Gasteiger partial charge in [0.05, 0.1) is 7.11 Å². The van der Waals surface area contributed by atoms with Crippen molar-refractivity contribution in [2.75, 3.05) is 19.0 Å². The number of nitrogens with zero attached hydrogens (tertiary/aromatic N) is 1. The Balaban J connectivity index is 1.64. The number of methoxy groups -OCH3 is 1. The van der Waals surface area contributed by atoms with Gasteiger partial charge < -0.3 is 14.8 Å². The molecule has 1 fully saturated rings. The summed E-state index contributed by atoms with van der Waals surface area (Å²) >= 11 is 0. The number of hydrogen-bond donors (Lipinski definition) is 1. The lowest BCUT2D eigenvalue weighted by Gasteiger charge is -2.28. The van der Waals surface area contributed by atoms with Gasteiger partial charge in [-0.15, -0.1) is 0 Å². The molecule has 154 valence electrons.